The van der Waals surface area contributed by atoms with Gasteiger partial charge in [-0.25, -0.2) is 0 Å². The van der Waals surface area contributed by atoms with Gasteiger partial charge in [-0.2, -0.15) is 0 Å². The van der Waals surface area contributed by atoms with Gasteiger partial charge in [-0.3, -0.25) is 16.2 Å². The highest BCUT2D eigenvalue weighted by atomic mass is 15.3. The number of nitrogens with two attached hydrogens (primary N) is 1. The minimum atomic E-state index is 0.279. The van der Waals surface area contributed by atoms with Crippen molar-refractivity contribution in [2.24, 2.45) is 5.84 Å². The summed E-state index contributed by atoms with van der Waals surface area (Å²) in [5.74, 6) is 5.81. The van der Waals surface area contributed by atoms with Crippen molar-refractivity contribution in [1.82, 2.24) is 10.3 Å². The first-order valence-electron chi connectivity index (χ1n) is 7.07. The molecule has 0 saturated heterocycles. The molecule has 1 aliphatic rings. The number of hydrogen-bond acceptors (Lipinski definition) is 3. The monoisotopic (exact) mass is 239 g/mol. The quantitative estimate of drug-likeness (QED) is 0.388. The van der Waals surface area contributed by atoms with Crippen molar-refractivity contribution in [2.75, 3.05) is 13.1 Å². The van der Waals surface area contributed by atoms with E-state index in [0.29, 0.717) is 6.04 Å². The Bertz CT molecular complexity index is 218. The maximum atomic E-state index is 5.81. The molecule has 0 heterocycles. The minimum Gasteiger partial charge on any atom is -0.297 e. The second kappa shape index (κ2) is 7.14. The van der Waals surface area contributed by atoms with Crippen LogP contribution in [-0.2, 0) is 0 Å². The molecule has 17 heavy (non-hydrogen) atoms. The lowest BCUT2D eigenvalue weighted by Gasteiger charge is -2.46. The Morgan fingerprint density at radius 1 is 1.35 bits per heavy atom. The molecule has 0 radical (unpaired) electrons. The second-order valence-corrected chi connectivity index (χ2v) is 5.07. The Hall–Kier alpha value is -0.380. The summed E-state index contributed by atoms with van der Waals surface area (Å²) in [4.78, 5) is 2.60. The van der Waals surface area contributed by atoms with Gasteiger partial charge >= 0.3 is 0 Å². The lowest BCUT2D eigenvalue weighted by molar-refractivity contribution is 0.0600. The van der Waals surface area contributed by atoms with Crippen molar-refractivity contribution in [1.29, 1.82) is 0 Å². The van der Waals surface area contributed by atoms with E-state index in [-0.39, 0.29) is 5.54 Å². The smallest absolute Gasteiger partial charge is 0.0397 e. The van der Waals surface area contributed by atoms with Gasteiger partial charge in [0.25, 0.3) is 0 Å². The minimum absolute atomic E-state index is 0.279. The third-order valence-electron chi connectivity index (χ3n) is 4.37. The molecule has 0 aliphatic heterocycles. The van der Waals surface area contributed by atoms with E-state index in [1.54, 1.807) is 0 Å². The molecule has 0 spiro atoms. The Balaban J connectivity index is 2.83. The van der Waals surface area contributed by atoms with Gasteiger partial charge in [0.1, 0.15) is 0 Å². The molecule has 100 valence electrons. The van der Waals surface area contributed by atoms with E-state index in [1.165, 1.54) is 25.7 Å². The van der Waals surface area contributed by atoms with Crippen molar-refractivity contribution in [3.8, 4) is 0 Å². The third-order valence-corrected chi connectivity index (χ3v) is 4.37. The van der Waals surface area contributed by atoms with Crippen LogP contribution in [0.4, 0.5) is 0 Å². The van der Waals surface area contributed by atoms with Crippen molar-refractivity contribution >= 4 is 0 Å². The van der Waals surface area contributed by atoms with Crippen molar-refractivity contribution < 1.29 is 0 Å². The van der Waals surface area contributed by atoms with Crippen molar-refractivity contribution in [3.63, 3.8) is 0 Å². The first-order valence-corrected chi connectivity index (χ1v) is 7.07. The average Bonchev–Trinajstić information content (AvgIpc) is 2.82. The van der Waals surface area contributed by atoms with Crippen molar-refractivity contribution in [2.45, 2.75) is 64.0 Å². The molecule has 1 aliphatic carbocycles. The molecule has 1 atom stereocenters. The van der Waals surface area contributed by atoms with E-state index in [2.05, 4.69) is 30.8 Å². The van der Waals surface area contributed by atoms with Crippen LogP contribution < -0.4 is 11.3 Å². The zero-order valence-corrected chi connectivity index (χ0v) is 11.5. The predicted molar refractivity (Wildman–Crippen MR) is 74.7 cm³/mol. The lowest BCUT2D eigenvalue weighted by Crippen LogP contribution is -2.61. The van der Waals surface area contributed by atoms with Crippen LogP contribution in [0.1, 0.15) is 52.4 Å². The highest BCUT2D eigenvalue weighted by Gasteiger charge is 2.43. The van der Waals surface area contributed by atoms with Crippen molar-refractivity contribution in [3.05, 3.63) is 12.7 Å². The molecule has 1 rings (SSSR count). The standard InChI is InChI=1S/C14H29N3/c1-4-7-10-13(16-15)14(11-8-9-12-14)17(5-2)6-3/h4,13,16H,1,5-12,15H2,2-3H3. The van der Waals surface area contributed by atoms with E-state index < -0.39 is 0 Å². The topological polar surface area (TPSA) is 41.3 Å². The lowest BCUT2D eigenvalue weighted by atomic mass is 9.83. The van der Waals surface area contributed by atoms with Gasteiger partial charge in [-0.05, 0) is 38.8 Å². The summed E-state index contributed by atoms with van der Waals surface area (Å²) in [6.07, 6.45) is 9.36. The van der Waals surface area contributed by atoms with Crippen LogP contribution in [0.15, 0.2) is 12.7 Å². The summed E-state index contributed by atoms with van der Waals surface area (Å²) in [6.45, 7) is 10.6. The van der Waals surface area contributed by atoms with Crippen LogP contribution >= 0.6 is 0 Å². The number of allylic oxidation sites excluding steroid dienone is 1. The molecular formula is C14H29N3. The van der Waals surface area contributed by atoms with Gasteiger partial charge in [-0.15, -0.1) is 6.58 Å². The Kier molecular flexibility index (Phi) is 6.17. The summed E-state index contributed by atoms with van der Waals surface area (Å²) >= 11 is 0. The summed E-state index contributed by atoms with van der Waals surface area (Å²) < 4.78 is 0. The maximum absolute atomic E-state index is 5.81. The van der Waals surface area contributed by atoms with Crippen LogP contribution in [0.25, 0.3) is 0 Å². The Labute approximate surface area is 106 Å². The molecule has 0 bridgehead atoms. The van der Waals surface area contributed by atoms with E-state index in [9.17, 15) is 0 Å². The average molecular weight is 239 g/mol. The van der Waals surface area contributed by atoms with Crippen LogP contribution in [-0.4, -0.2) is 29.6 Å². The first-order chi connectivity index (χ1) is 8.25. The normalized spacial score (nSPS) is 20.7. The molecule has 1 fully saturated rings. The van der Waals surface area contributed by atoms with Gasteiger partial charge < -0.3 is 0 Å². The number of hydrazine groups is 1. The summed E-state index contributed by atoms with van der Waals surface area (Å²) in [6, 6.07) is 0.392. The molecule has 3 nitrogen and oxygen atoms in total. The molecule has 0 aromatic rings. The molecule has 0 aromatic carbocycles. The highest BCUT2D eigenvalue weighted by Crippen LogP contribution is 2.39. The van der Waals surface area contributed by atoms with Crippen LogP contribution in [0.2, 0.25) is 0 Å². The molecule has 3 N–H and O–H groups in total. The van der Waals surface area contributed by atoms with Crippen LogP contribution in [0.5, 0.6) is 0 Å². The largest absolute Gasteiger partial charge is 0.297 e. The molecule has 1 unspecified atom stereocenters. The molecule has 0 amide bonds. The number of likely N-dealkylation sites (N-methyl/N-ethyl adjacent to an activating group) is 1. The summed E-state index contributed by atoms with van der Waals surface area (Å²) in [5, 5.41) is 0. The number of hydrogen-bond donors (Lipinski definition) is 2. The summed E-state index contributed by atoms with van der Waals surface area (Å²) in [7, 11) is 0. The Morgan fingerprint density at radius 3 is 2.35 bits per heavy atom. The third kappa shape index (κ3) is 3.09. The molecule has 1 saturated carbocycles. The fourth-order valence-corrected chi connectivity index (χ4v) is 3.52. The van der Waals surface area contributed by atoms with Gasteiger partial charge in [0.05, 0.1) is 0 Å². The first kappa shape index (κ1) is 14.7. The summed E-state index contributed by atoms with van der Waals surface area (Å²) in [5.41, 5.74) is 3.36. The molecule has 3 heteroatoms. The fourth-order valence-electron chi connectivity index (χ4n) is 3.52. The van der Waals surface area contributed by atoms with E-state index in [0.717, 1.165) is 25.9 Å². The van der Waals surface area contributed by atoms with Gasteiger partial charge in [-0.1, -0.05) is 32.8 Å². The second-order valence-electron chi connectivity index (χ2n) is 5.07. The zero-order valence-electron chi connectivity index (χ0n) is 11.5. The van der Waals surface area contributed by atoms with Gasteiger partial charge in [0.15, 0.2) is 0 Å². The predicted octanol–water partition coefficient (Wildman–Crippen LogP) is 2.44. The van der Waals surface area contributed by atoms with E-state index in [1.807, 2.05) is 6.08 Å². The number of nitrogens with one attached hydrogen (secondary N) is 1. The number of nitrogens with zero attached hydrogens (tertiary/aromatic N) is 1. The molecule has 0 aromatic heterocycles. The Morgan fingerprint density at radius 2 is 1.94 bits per heavy atom. The van der Waals surface area contributed by atoms with Gasteiger partial charge in [0, 0.05) is 11.6 Å². The SMILES string of the molecule is C=CCCC(NN)C1(N(CC)CC)CCCC1. The fraction of sp³-hybridized carbons (Fsp3) is 0.857. The van der Waals surface area contributed by atoms with Crippen LogP contribution in [0.3, 0.4) is 0 Å². The maximum Gasteiger partial charge on any atom is 0.0397 e. The number of rotatable bonds is 8. The zero-order chi connectivity index (χ0) is 12.7. The van der Waals surface area contributed by atoms with Crippen LogP contribution in [0, 0.1) is 0 Å². The van der Waals surface area contributed by atoms with E-state index in [4.69, 9.17) is 5.84 Å². The molecular weight excluding hydrogens is 210 g/mol. The highest BCUT2D eigenvalue weighted by molar-refractivity contribution is 5.03. The van der Waals surface area contributed by atoms with E-state index >= 15 is 0 Å². The van der Waals surface area contributed by atoms with Gasteiger partial charge in [0.2, 0.25) is 0 Å².